The van der Waals surface area contributed by atoms with Crippen LogP contribution in [0.1, 0.15) is 34.1 Å². The van der Waals surface area contributed by atoms with E-state index >= 15 is 0 Å². The molecular formula is C16H35N3S. The standard InChI is InChI=1S/C16H35N3S/c1-14(2)9-19(8-7-18(5)6)16(11-17)10-15(3,4)12-20-13-16/h14H,7-13,17H2,1-6H3. The normalized spacial score (nSPS) is 26.7. The number of likely N-dealkylation sites (N-methyl/N-ethyl adjacent to an activating group) is 1. The second-order valence-corrected chi connectivity index (χ2v) is 8.89. The Morgan fingerprint density at radius 2 is 1.80 bits per heavy atom. The van der Waals surface area contributed by atoms with Crippen LogP contribution in [0.4, 0.5) is 0 Å². The summed E-state index contributed by atoms with van der Waals surface area (Å²) in [5.41, 5.74) is 6.86. The van der Waals surface area contributed by atoms with Gasteiger partial charge in [-0.25, -0.2) is 0 Å². The predicted octanol–water partition coefficient (Wildman–Crippen LogP) is 2.37. The lowest BCUT2D eigenvalue weighted by molar-refractivity contribution is 0.0524. The minimum Gasteiger partial charge on any atom is -0.329 e. The largest absolute Gasteiger partial charge is 0.329 e. The highest BCUT2D eigenvalue weighted by molar-refractivity contribution is 7.99. The number of rotatable bonds is 7. The van der Waals surface area contributed by atoms with E-state index < -0.39 is 0 Å². The van der Waals surface area contributed by atoms with Crippen LogP contribution >= 0.6 is 11.8 Å². The van der Waals surface area contributed by atoms with E-state index in [0.29, 0.717) is 11.3 Å². The second-order valence-electron chi connectivity index (χ2n) is 7.91. The van der Waals surface area contributed by atoms with Gasteiger partial charge in [0.2, 0.25) is 0 Å². The lowest BCUT2D eigenvalue weighted by Crippen LogP contribution is -2.61. The van der Waals surface area contributed by atoms with Gasteiger partial charge in [-0.15, -0.1) is 0 Å². The third kappa shape index (κ3) is 5.21. The van der Waals surface area contributed by atoms with Crippen LogP contribution in [-0.4, -0.2) is 67.1 Å². The Hall–Kier alpha value is 0.230. The van der Waals surface area contributed by atoms with Crippen molar-refractivity contribution in [2.75, 3.05) is 51.8 Å². The zero-order valence-electron chi connectivity index (χ0n) is 14.4. The van der Waals surface area contributed by atoms with Crippen molar-refractivity contribution in [1.82, 2.24) is 9.80 Å². The first-order valence-corrected chi connectivity index (χ1v) is 9.04. The maximum absolute atomic E-state index is 6.27. The summed E-state index contributed by atoms with van der Waals surface area (Å²) in [5.74, 6) is 3.14. The molecule has 1 atom stereocenters. The van der Waals surface area contributed by atoms with Crippen molar-refractivity contribution < 1.29 is 0 Å². The molecule has 0 amide bonds. The van der Waals surface area contributed by atoms with E-state index in [1.807, 2.05) is 0 Å². The predicted molar refractivity (Wildman–Crippen MR) is 92.5 cm³/mol. The van der Waals surface area contributed by atoms with Crippen molar-refractivity contribution in [1.29, 1.82) is 0 Å². The Kier molecular flexibility index (Phi) is 6.84. The maximum atomic E-state index is 6.27. The molecule has 20 heavy (non-hydrogen) atoms. The molecule has 1 aliphatic heterocycles. The molecule has 0 aromatic carbocycles. The van der Waals surface area contributed by atoms with Crippen molar-refractivity contribution in [2.45, 2.75) is 39.7 Å². The van der Waals surface area contributed by atoms with Crippen molar-refractivity contribution in [2.24, 2.45) is 17.1 Å². The fraction of sp³-hybridized carbons (Fsp3) is 1.00. The number of nitrogens with two attached hydrogens (primary N) is 1. The summed E-state index contributed by atoms with van der Waals surface area (Å²) in [6.07, 6.45) is 1.23. The summed E-state index contributed by atoms with van der Waals surface area (Å²) in [4.78, 5) is 4.96. The number of thioether (sulfide) groups is 1. The Morgan fingerprint density at radius 3 is 2.25 bits per heavy atom. The minimum absolute atomic E-state index is 0.187. The molecule has 0 aromatic heterocycles. The molecule has 120 valence electrons. The Bertz CT molecular complexity index is 291. The molecule has 3 nitrogen and oxygen atoms in total. The van der Waals surface area contributed by atoms with Gasteiger partial charge in [0.1, 0.15) is 0 Å². The quantitative estimate of drug-likeness (QED) is 0.782. The van der Waals surface area contributed by atoms with Crippen LogP contribution in [0.3, 0.4) is 0 Å². The molecule has 1 heterocycles. The second kappa shape index (κ2) is 7.48. The van der Waals surface area contributed by atoms with Crippen LogP contribution in [0.25, 0.3) is 0 Å². The summed E-state index contributed by atoms with van der Waals surface area (Å²) in [5, 5.41) is 0. The van der Waals surface area contributed by atoms with Crippen LogP contribution in [0, 0.1) is 11.3 Å². The summed E-state index contributed by atoms with van der Waals surface area (Å²) >= 11 is 2.09. The molecular weight excluding hydrogens is 266 g/mol. The molecule has 1 saturated heterocycles. The molecule has 1 fully saturated rings. The van der Waals surface area contributed by atoms with Gasteiger partial charge in [0.25, 0.3) is 0 Å². The maximum Gasteiger partial charge on any atom is 0.0427 e. The van der Waals surface area contributed by atoms with Gasteiger partial charge in [-0.1, -0.05) is 27.7 Å². The van der Waals surface area contributed by atoms with E-state index in [4.69, 9.17) is 5.73 Å². The van der Waals surface area contributed by atoms with Gasteiger partial charge in [0, 0.05) is 37.5 Å². The minimum atomic E-state index is 0.187. The summed E-state index contributed by atoms with van der Waals surface area (Å²) in [6.45, 7) is 13.6. The molecule has 1 unspecified atom stereocenters. The molecule has 2 N–H and O–H groups in total. The van der Waals surface area contributed by atoms with Crippen molar-refractivity contribution in [3.05, 3.63) is 0 Å². The van der Waals surface area contributed by atoms with Crippen molar-refractivity contribution in [3.63, 3.8) is 0 Å². The fourth-order valence-corrected chi connectivity index (χ4v) is 4.80. The lowest BCUT2D eigenvalue weighted by Gasteiger charge is -2.51. The lowest BCUT2D eigenvalue weighted by atomic mass is 9.78. The van der Waals surface area contributed by atoms with E-state index in [1.165, 1.54) is 17.9 Å². The number of hydrogen-bond donors (Lipinski definition) is 1. The zero-order valence-corrected chi connectivity index (χ0v) is 15.2. The SMILES string of the molecule is CC(C)CN(CCN(C)C)C1(CN)CSCC(C)(C)C1. The Labute approximate surface area is 130 Å². The average Bonchev–Trinajstić information content (AvgIpc) is 2.32. The monoisotopic (exact) mass is 301 g/mol. The summed E-state index contributed by atoms with van der Waals surface area (Å²) < 4.78 is 0. The molecule has 4 heteroatoms. The van der Waals surface area contributed by atoms with E-state index in [0.717, 1.165) is 26.2 Å². The fourth-order valence-electron chi connectivity index (χ4n) is 3.26. The van der Waals surface area contributed by atoms with Crippen molar-refractivity contribution >= 4 is 11.8 Å². The van der Waals surface area contributed by atoms with Gasteiger partial charge >= 0.3 is 0 Å². The van der Waals surface area contributed by atoms with E-state index in [-0.39, 0.29) is 5.54 Å². The number of hydrogen-bond acceptors (Lipinski definition) is 4. The van der Waals surface area contributed by atoms with Gasteiger partial charge in [0.05, 0.1) is 0 Å². The third-order valence-electron chi connectivity index (χ3n) is 4.12. The molecule has 0 saturated carbocycles. The van der Waals surface area contributed by atoms with Crippen molar-refractivity contribution in [3.8, 4) is 0 Å². The average molecular weight is 302 g/mol. The zero-order chi connectivity index (χ0) is 15.4. The Balaban J connectivity index is 2.87. The van der Waals surface area contributed by atoms with Gasteiger partial charge < -0.3 is 10.6 Å². The smallest absolute Gasteiger partial charge is 0.0427 e. The highest BCUT2D eigenvalue weighted by Crippen LogP contribution is 2.42. The first kappa shape index (κ1) is 18.3. The first-order valence-electron chi connectivity index (χ1n) is 7.88. The summed E-state index contributed by atoms with van der Waals surface area (Å²) in [7, 11) is 4.31. The van der Waals surface area contributed by atoms with E-state index in [9.17, 15) is 0 Å². The molecule has 0 aliphatic carbocycles. The molecule has 0 spiro atoms. The molecule has 1 rings (SSSR count). The number of nitrogens with zero attached hydrogens (tertiary/aromatic N) is 2. The highest BCUT2D eigenvalue weighted by Gasteiger charge is 2.43. The van der Waals surface area contributed by atoms with E-state index in [2.05, 4.69) is 63.4 Å². The highest BCUT2D eigenvalue weighted by atomic mass is 32.2. The topological polar surface area (TPSA) is 32.5 Å². The summed E-state index contributed by atoms with van der Waals surface area (Å²) in [6, 6.07) is 0. The van der Waals surface area contributed by atoms with Gasteiger partial charge in [-0.05, 0) is 37.6 Å². The van der Waals surface area contributed by atoms with Crippen LogP contribution in [0.2, 0.25) is 0 Å². The van der Waals surface area contributed by atoms with Crippen LogP contribution in [-0.2, 0) is 0 Å². The Morgan fingerprint density at radius 1 is 1.15 bits per heavy atom. The van der Waals surface area contributed by atoms with Crippen LogP contribution < -0.4 is 5.73 Å². The van der Waals surface area contributed by atoms with Crippen LogP contribution in [0.15, 0.2) is 0 Å². The first-order chi connectivity index (χ1) is 9.21. The molecule has 0 bridgehead atoms. The van der Waals surface area contributed by atoms with Gasteiger partial charge in [-0.3, -0.25) is 4.90 Å². The van der Waals surface area contributed by atoms with Gasteiger partial charge in [0.15, 0.2) is 0 Å². The van der Waals surface area contributed by atoms with E-state index in [1.54, 1.807) is 0 Å². The molecule has 0 aromatic rings. The van der Waals surface area contributed by atoms with Crippen LogP contribution in [0.5, 0.6) is 0 Å². The van der Waals surface area contributed by atoms with Gasteiger partial charge in [-0.2, -0.15) is 11.8 Å². The third-order valence-corrected chi connectivity index (χ3v) is 5.85. The molecule has 1 aliphatic rings. The molecule has 0 radical (unpaired) electrons.